The molecule has 0 aliphatic carbocycles. The number of esters is 1. The third-order valence-electron chi connectivity index (χ3n) is 12.2. The number of carbonyl (C=O) groups excluding carboxylic acids is 2. The molecule has 0 aromatic heterocycles. The Morgan fingerprint density at radius 1 is 0.484 bits per heavy atom. The molecule has 3 N–H and O–H groups in total. The van der Waals surface area contributed by atoms with Gasteiger partial charge in [-0.25, -0.2) is 0 Å². The van der Waals surface area contributed by atoms with Crippen molar-refractivity contribution in [1.29, 1.82) is 0 Å². The Balaban J connectivity index is 4.64. The third-order valence-corrected chi connectivity index (χ3v) is 12.2. The predicted octanol–water partition coefficient (Wildman–Crippen LogP) is 16.2. The standard InChI is InChI=1S/C56H103NO5/c1-4-7-10-13-16-19-22-25-27-29-31-34-37-40-43-46-49-56(61)62-52(47-44-41-38-35-32-30-28-26-23-20-17-14-11-8-5-2)50-55(60)57-53(51-58)54(59)48-45-42-39-36-33-24-21-18-15-12-9-6-3/h17,20,26-29,31,34,52-54,58-59H,4-16,18-19,21-25,30,32-33,35-51H2,1-3H3,(H,57,60)/b20-17-,28-26-,29-27+,34-31+. The maximum absolute atomic E-state index is 13.2. The van der Waals surface area contributed by atoms with E-state index in [4.69, 9.17) is 4.74 Å². The number of allylic oxidation sites excluding steroid dienone is 8. The zero-order chi connectivity index (χ0) is 45.2. The summed E-state index contributed by atoms with van der Waals surface area (Å²) in [6, 6.07) is -0.711. The number of aliphatic hydroxyl groups excluding tert-OH is 2. The maximum Gasteiger partial charge on any atom is 0.306 e. The lowest BCUT2D eigenvalue weighted by atomic mass is 10.0. The first-order chi connectivity index (χ1) is 30.5. The SMILES string of the molecule is CCCCC/C=C\C/C=C\CCCCCCCC(CC(=O)NC(CO)C(O)CCCCCCCCCCCCCC)OC(=O)CCCCC/C=C/C=C/CCCCCCCCC. The Bertz CT molecular complexity index is 1070. The quantitative estimate of drug-likeness (QED) is 0.0245. The molecule has 6 nitrogen and oxygen atoms in total. The van der Waals surface area contributed by atoms with Crippen molar-refractivity contribution in [2.45, 2.75) is 289 Å². The molecule has 0 rings (SSSR count). The van der Waals surface area contributed by atoms with E-state index in [-0.39, 0.29) is 24.9 Å². The molecule has 362 valence electrons. The number of amides is 1. The van der Waals surface area contributed by atoms with E-state index < -0.39 is 18.2 Å². The van der Waals surface area contributed by atoms with Crippen molar-refractivity contribution in [2.75, 3.05) is 6.61 Å². The lowest BCUT2D eigenvalue weighted by Gasteiger charge is -2.24. The van der Waals surface area contributed by atoms with E-state index in [1.807, 2.05) is 0 Å². The van der Waals surface area contributed by atoms with Gasteiger partial charge in [0.05, 0.1) is 25.2 Å². The van der Waals surface area contributed by atoms with Gasteiger partial charge in [-0.15, -0.1) is 0 Å². The number of unbranched alkanes of at least 4 members (excludes halogenated alkanes) is 29. The number of aliphatic hydroxyl groups is 2. The second-order valence-electron chi connectivity index (χ2n) is 18.3. The molecule has 62 heavy (non-hydrogen) atoms. The van der Waals surface area contributed by atoms with Crippen LogP contribution in [0, 0.1) is 0 Å². The molecule has 0 aliphatic rings. The van der Waals surface area contributed by atoms with E-state index in [1.54, 1.807) is 0 Å². The smallest absolute Gasteiger partial charge is 0.306 e. The van der Waals surface area contributed by atoms with Crippen LogP contribution in [0.3, 0.4) is 0 Å². The van der Waals surface area contributed by atoms with E-state index in [1.165, 1.54) is 141 Å². The van der Waals surface area contributed by atoms with E-state index >= 15 is 0 Å². The van der Waals surface area contributed by atoms with Crippen LogP contribution >= 0.6 is 0 Å². The highest BCUT2D eigenvalue weighted by Crippen LogP contribution is 2.17. The fourth-order valence-corrected chi connectivity index (χ4v) is 8.04. The molecular weight excluding hydrogens is 767 g/mol. The average molecular weight is 870 g/mol. The molecule has 0 heterocycles. The van der Waals surface area contributed by atoms with E-state index in [9.17, 15) is 19.8 Å². The number of ether oxygens (including phenoxy) is 1. The van der Waals surface area contributed by atoms with Gasteiger partial charge in [-0.3, -0.25) is 9.59 Å². The summed E-state index contributed by atoms with van der Waals surface area (Å²) in [5, 5.41) is 23.8. The molecule has 0 aliphatic heterocycles. The van der Waals surface area contributed by atoms with Crippen molar-refractivity contribution in [3.63, 3.8) is 0 Å². The van der Waals surface area contributed by atoms with Gasteiger partial charge in [0.2, 0.25) is 5.91 Å². The van der Waals surface area contributed by atoms with Crippen LogP contribution in [0.4, 0.5) is 0 Å². The zero-order valence-corrected chi connectivity index (χ0v) is 41.3. The zero-order valence-electron chi connectivity index (χ0n) is 41.3. The van der Waals surface area contributed by atoms with Crippen LogP contribution in [-0.2, 0) is 14.3 Å². The molecule has 3 atom stereocenters. The molecule has 1 amide bonds. The van der Waals surface area contributed by atoms with Gasteiger partial charge < -0.3 is 20.3 Å². The highest BCUT2D eigenvalue weighted by Gasteiger charge is 2.24. The molecule has 0 fully saturated rings. The topological polar surface area (TPSA) is 95.9 Å². The Labute approximate surface area is 385 Å². The lowest BCUT2D eigenvalue weighted by Crippen LogP contribution is -2.46. The van der Waals surface area contributed by atoms with Gasteiger partial charge in [-0.2, -0.15) is 0 Å². The van der Waals surface area contributed by atoms with Crippen molar-refractivity contribution in [3.8, 4) is 0 Å². The minimum Gasteiger partial charge on any atom is -0.462 e. The summed E-state index contributed by atoms with van der Waals surface area (Å²) in [4.78, 5) is 26.2. The third kappa shape index (κ3) is 44.4. The van der Waals surface area contributed by atoms with E-state index in [2.05, 4.69) is 74.7 Å². The van der Waals surface area contributed by atoms with E-state index in [0.29, 0.717) is 19.3 Å². The monoisotopic (exact) mass is 870 g/mol. The predicted molar refractivity (Wildman–Crippen MR) is 269 cm³/mol. The van der Waals surface area contributed by atoms with Crippen LogP contribution in [0.1, 0.15) is 271 Å². The Kier molecular flexibility index (Phi) is 48.1. The highest BCUT2D eigenvalue weighted by molar-refractivity contribution is 5.77. The first-order valence-corrected chi connectivity index (χ1v) is 26.9. The molecule has 0 spiro atoms. The lowest BCUT2D eigenvalue weighted by molar-refractivity contribution is -0.151. The Morgan fingerprint density at radius 3 is 1.35 bits per heavy atom. The molecular formula is C56H103NO5. The van der Waals surface area contributed by atoms with Crippen molar-refractivity contribution in [2.24, 2.45) is 0 Å². The summed E-state index contributed by atoms with van der Waals surface area (Å²) in [5.74, 6) is -0.513. The summed E-state index contributed by atoms with van der Waals surface area (Å²) < 4.78 is 5.93. The number of rotatable bonds is 48. The summed E-state index contributed by atoms with van der Waals surface area (Å²) in [6.07, 6.45) is 60.2. The normalized spacial score (nSPS) is 13.6. The van der Waals surface area contributed by atoms with Gasteiger partial charge in [0, 0.05) is 6.42 Å². The second-order valence-corrected chi connectivity index (χ2v) is 18.3. The molecule has 6 heteroatoms. The number of hydrogen-bond acceptors (Lipinski definition) is 5. The first-order valence-electron chi connectivity index (χ1n) is 26.9. The van der Waals surface area contributed by atoms with Crippen LogP contribution in [0.15, 0.2) is 48.6 Å². The van der Waals surface area contributed by atoms with Crippen LogP contribution in [-0.4, -0.2) is 46.9 Å². The Morgan fingerprint density at radius 2 is 0.871 bits per heavy atom. The first kappa shape index (κ1) is 59.8. The van der Waals surface area contributed by atoms with Gasteiger partial charge in [0.25, 0.3) is 0 Å². The minimum absolute atomic E-state index is 0.0582. The Hall–Kier alpha value is -2.18. The summed E-state index contributed by atoms with van der Waals surface area (Å²) in [7, 11) is 0. The molecule has 0 saturated heterocycles. The fourth-order valence-electron chi connectivity index (χ4n) is 8.04. The summed E-state index contributed by atoms with van der Waals surface area (Å²) in [6.45, 7) is 6.45. The minimum atomic E-state index is -0.796. The molecule has 0 radical (unpaired) electrons. The van der Waals surface area contributed by atoms with Gasteiger partial charge in [-0.05, 0) is 83.5 Å². The summed E-state index contributed by atoms with van der Waals surface area (Å²) >= 11 is 0. The van der Waals surface area contributed by atoms with E-state index in [0.717, 1.165) is 83.5 Å². The van der Waals surface area contributed by atoms with Crippen LogP contribution in [0.5, 0.6) is 0 Å². The van der Waals surface area contributed by atoms with Crippen LogP contribution in [0.2, 0.25) is 0 Å². The summed E-state index contributed by atoms with van der Waals surface area (Å²) in [5.41, 5.74) is 0. The van der Waals surface area contributed by atoms with Crippen molar-refractivity contribution >= 4 is 11.9 Å². The van der Waals surface area contributed by atoms with Gasteiger partial charge in [0.15, 0.2) is 0 Å². The molecule has 0 saturated carbocycles. The molecule has 0 aromatic rings. The number of carbonyl (C=O) groups is 2. The number of hydrogen-bond donors (Lipinski definition) is 3. The second kappa shape index (κ2) is 49.8. The van der Waals surface area contributed by atoms with Crippen molar-refractivity contribution in [1.82, 2.24) is 5.32 Å². The molecule has 0 aromatic carbocycles. The van der Waals surface area contributed by atoms with Gasteiger partial charge in [-0.1, -0.05) is 223 Å². The molecule has 3 unspecified atom stereocenters. The van der Waals surface area contributed by atoms with Crippen LogP contribution < -0.4 is 5.32 Å². The van der Waals surface area contributed by atoms with Crippen LogP contribution in [0.25, 0.3) is 0 Å². The average Bonchev–Trinajstić information content (AvgIpc) is 3.26. The highest BCUT2D eigenvalue weighted by atomic mass is 16.5. The fraction of sp³-hybridized carbons (Fsp3) is 0.821. The van der Waals surface area contributed by atoms with Crippen molar-refractivity contribution < 1.29 is 24.5 Å². The van der Waals surface area contributed by atoms with Gasteiger partial charge in [0.1, 0.15) is 6.10 Å². The van der Waals surface area contributed by atoms with Crippen molar-refractivity contribution in [3.05, 3.63) is 48.6 Å². The van der Waals surface area contributed by atoms with Gasteiger partial charge >= 0.3 is 5.97 Å². The maximum atomic E-state index is 13.2. The number of nitrogens with one attached hydrogen (secondary N) is 1. The largest absolute Gasteiger partial charge is 0.462 e. The molecule has 0 bridgehead atoms.